The molecule has 16 heavy (non-hydrogen) atoms. The highest BCUT2D eigenvalue weighted by atomic mass is 16.7. The van der Waals surface area contributed by atoms with E-state index in [9.17, 15) is 0 Å². The average Bonchev–Trinajstić information content (AvgIpc) is 3.07. The van der Waals surface area contributed by atoms with Gasteiger partial charge in [0.2, 0.25) is 0 Å². The fourth-order valence-electron chi connectivity index (χ4n) is 2.26. The standard InChI is InChI=1S/C13H16O3/c1-3-7-14-13(15-8-4-2)10-5-6-11-12(9-10)16-11/h1-2,10-13H,5-9H2. The number of hydrogen-bond acceptors (Lipinski definition) is 3. The molecule has 0 radical (unpaired) electrons. The second kappa shape index (κ2) is 5.37. The first-order valence-corrected chi connectivity index (χ1v) is 5.60. The Morgan fingerprint density at radius 2 is 1.81 bits per heavy atom. The van der Waals surface area contributed by atoms with Crippen molar-refractivity contribution in [1.82, 2.24) is 0 Å². The maximum Gasteiger partial charge on any atom is 0.163 e. The molecule has 2 fully saturated rings. The molecular weight excluding hydrogens is 204 g/mol. The Morgan fingerprint density at radius 1 is 1.12 bits per heavy atom. The largest absolute Gasteiger partial charge is 0.370 e. The van der Waals surface area contributed by atoms with Crippen molar-refractivity contribution in [1.29, 1.82) is 0 Å². The third kappa shape index (κ3) is 2.77. The summed E-state index contributed by atoms with van der Waals surface area (Å²) in [4.78, 5) is 0. The van der Waals surface area contributed by atoms with Crippen molar-refractivity contribution in [3.05, 3.63) is 0 Å². The molecule has 1 aliphatic carbocycles. The first kappa shape index (κ1) is 11.5. The summed E-state index contributed by atoms with van der Waals surface area (Å²) in [5, 5.41) is 0. The zero-order valence-electron chi connectivity index (χ0n) is 9.22. The summed E-state index contributed by atoms with van der Waals surface area (Å²) in [5.74, 6) is 5.25. The summed E-state index contributed by atoms with van der Waals surface area (Å²) < 4.78 is 16.5. The van der Waals surface area contributed by atoms with Gasteiger partial charge in [-0.3, -0.25) is 0 Å². The predicted octanol–water partition coefficient (Wildman–Crippen LogP) is 1.18. The summed E-state index contributed by atoms with van der Waals surface area (Å²) in [6.07, 6.45) is 14.1. The molecule has 3 nitrogen and oxygen atoms in total. The molecule has 0 aromatic carbocycles. The fourth-order valence-corrected chi connectivity index (χ4v) is 2.26. The van der Waals surface area contributed by atoms with Crippen LogP contribution in [0.25, 0.3) is 0 Å². The van der Waals surface area contributed by atoms with E-state index in [1.807, 2.05) is 0 Å². The summed E-state index contributed by atoms with van der Waals surface area (Å²) in [5.41, 5.74) is 0. The molecule has 2 rings (SSSR count). The lowest BCUT2D eigenvalue weighted by Crippen LogP contribution is -2.31. The molecular formula is C13H16O3. The normalized spacial score (nSPS) is 31.6. The van der Waals surface area contributed by atoms with E-state index in [2.05, 4.69) is 11.8 Å². The van der Waals surface area contributed by atoms with Crippen molar-refractivity contribution in [2.45, 2.75) is 37.8 Å². The van der Waals surface area contributed by atoms with Crippen LogP contribution in [-0.4, -0.2) is 31.7 Å². The Labute approximate surface area is 96.4 Å². The molecule has 86 valence electrons. The predicted molar refractivity (Wildman–Crippen MR) is 59.4 cm³/mol. The van der Waals surface area contributed by atoms with Crippen LogP contribution < -0.4 is 0 Å². The summed E-state index contributed by atoms with van der Waals surface area (Å²) in [6.45, 7) is 0.529. The molecule has 1 heterocycles. The third-order valence-corrected chi connectivity index (χ3v) is 3.09. The smallest absolute Gasteiger partial charge is 0.163 e. The van der Waals surface area contributed by atoms with Gasteiger partial charge < -0.3 is 14.2 Å². The van der Waals surface area contributed by atoms with Crippen molar-refractivity contribution < 1.29 is 14.2 Å². The van der Waals surface area contributed by atoms with Gasteiger partial charge in [-0.25, -0.2) is 0 Å². The van der Waals surface area contributed by atoms with Crippen LogP contribution in [0, 0.1) is 30.6 Å². The molecule has 0 spiro atoms. The Morgan fingerprint density at radius 3 is 2.38 bits per heavy atom. The maximum atomic E-state index is 5.49. The fraction of sp³-hybridized carbons (Fsp3) is 0.692. The third-order valence-electron chi connectivity index (χ3n) is 3.09. The van der Waals surface area contributed by atoms with Crippen LogP contribution in [-0.2, 0) is 14.2 Å². The molecule has 0 aromatic rings. The second-order valence-electron chi connectivity index (χ2n) is 4.18. The summed E-state index contributed by atoms with van der Waals surface area (Å²) in [7, 11) is 0. The SMILES string of the molecule is C#CCOC(OCC#C)C1CCC2OC2C1. The lowest BCUT2D eigenvalue weighted by atomic mass is 9.89. The van der Waals surface area contributed by atoms with Crippen LogP contribution in [0.15, 0.2) is 0 Å². The van der Waals surface area contributed by atoms with E-state index < -0.39 is 0 Å². The number of epoxide rings is 1. The molecule has 0 amide bonds. The van der Waals surface area contributed by atoms with Crippen molar-refractivity contribution >= 4 is 0 Å². The average molecular weight is 220 g/mol. The lowest BCUT2D eigenvalue weighted by Gasteiger charge is -2.27. The highest BCUT2D eigenvalue weighted by Gasteiger charge is 2.46. The van der Waals surface area contributed by atoms with Gasteiger partial charge in [0, 0.05) is 5.92 Å². The van der Waals surface area contributed by atoms with Crippen LogP contribution >= 0.6 is 0 Å². The van der Waals surface area contributed by atoms with Crippen molar-refractivity contribution in [3.8, 4) is 24.7 Å². The van der Waals surface area contributed by atoms with Gasteiger partial charge in [-0.2, -0.15) is 0 Å². The van der Waals surface area contributed by atoms with Gasteiger partial charge in [0.05, 0.1) is 12.2 Å². The van der Waals surface area contributed by atoms with Gasteiger partial charge in [0.15, 0.2) is 6.29 Å². The van der Waals surface area contributed by atoms with Gasteiger partial charge in [0.25, 0.3) is 0 Å². The van der Waals surface area contributed by atoms with Crippen molar-refractivity contribution in [2.24, 2.45) is 5.92 Å². The molecule has 3 unspecified atom stereocenters. The van der Waals surface area contributed by atoms with Crippen LogP contribution in [0.3, 0.4) is 0 Å². The Hall–Kier alpha value is -1.00. The molecule has 3 heteroatoms. The number of fused-ring (bicyclic) bond motifs is 1. The van der Waals surface area contributed by atoms with Crippen LogP contribution in [0.2, 0.25) is 0 Å². The van der Waals surface area contributed by atoms with Crippen molar-refractivity contribution in [3.63, 3.8) is 0 Å². The van der Waals surface area contributed by atoms with E-state index in [4.69, 9.17) is 27.1 Å². The van der Waals surface area contributed by atoms with E-state index in [-0.39, 0.29) is 19.5 Å². The zero-order valence-corrected chi connectivity index (χ0v) is 9.22. The van der Waals surface area contributed by atoms with E-state index in [1.54, 1.807) is 0 Å². The molecule has 1 aliphatic heterocycles. The molecule has 1 saturated heterocycles. The number of rotatable bonds is 5. The highest BCUT2D eigenvalue weighted by molar-refractivity contribution is 4.93. The van der Waals surface area contributed by atoms with Crippen LogP contribution in [0.4, 0.5) is 0 Å². The Balaban J connectivity index is 1.84. The Bertz CT molecular complexity index is 294. The van der Waals surface area contributed by atoms with Gasteiger partial charge in [0.1, 0.15) is 13.2 Å². The van der Waals surface area contributed by atoms with Gasteiger partial charge in [-0.05, 0) is 19.3 Å². The summed E-state index contributed by atoms with van der Waals surface area (Å²) >= 11 is 0. The number of terminal acetylenes is 2. The Kier molecular flexibility index (Phi) is 3.85. The van der Waals surface area contributed by atoms with Crippen LogP contribution in [0.5, 0.6) is 0 Å². The van der Waals surface area contributed by atoms with Crippen molar-refractivity contribution in [2.75, 3.05) is 13.2 Å². The monoisotopic (exact) mass is 220 g/mol. The van der Waals surface area contributed by atoms with E-state index >= 15 is 0 Å². The zero-order chi connectivity index (χ0) is 11.4. The topological polar surface area (TPSA) is 31.0 Å². The van der Waals surface area contributed by atoms with Gasteiger partial charge >= 0.3 is 0 Å². The maximum absolute atomic E-state index is 5.49. The minimum absolute atomic E-state index is 0.265. The molecule has 3 atom stereocenters. The van der Waals surface area contributed by atoms with E-state index in [0.717, 1.165) is 19.3 Å². The van der Waals surface area contributed by atoms with Gasteiger partial charge in [-0.1, -0.05) is 11.8 Å². The number of ether oxygens (including phenoxy) is 3. The lowest BCUT2D eigenvalue weighted by molar-refractivity contribution is -0.161. The van der Waals surface area contributed by atoms with Gasteiger partial charge in [-0.15, -0.1) is 12.8 Å². The van der Waals surface area contributed by atoms with Crippen LogP contribution in [0.1, 0.15) is 19.3 Å². The number of hydrogen-bond donors (Lipinski definition) is 0. The molecule has 0 aromatic heterocycles. The van der Waals surface area contributed by atoms with E-state index in [0.29, 0.717) is 18.1 Å². The molecule has 0 bridgehead atoms. The van der Waals surface area contributed by atoms with E-state index in [1.165, 1.54) is 0 Å². The first-order valence-electron chi connectivity index (χ1n) is 5.60. The minimum Gasteiger partial charge on any atom is -0.370 e. The summed E-state index contributed by atoms with van der Waals surface area (Å²) in [6, 6.07) is 0. The quantitative estimate of drug-likeness (QED) is 0.396. The molecule has 1 saturated carbocycles. The molecule has 0 N–H and O–H groups in total. The highest BCUT2D eigenvalue weighted by Crippen LogP contribution is 2.41. The molecule has 2 aliphatic rings. The first-order chi connectivity index (χ1) is 7.85. The second-order valence-corrected chi connectivity index (χ2v) is 4.18. The minimum atomic E-state index is -0.280.